The van der Waals surface area contributed by atoms with Gasteiger partial charge in [-0.05, 0) is 49.4 Å². The number of H-pyrrole nitrogens is 1. The van der Waals surface area contributed by atoms with E-state index in [-0.39, 0.29) is 5.56 Å². The van der Waals surface area contributed by atoms with E-state index in [0.29, 0.717) is 16.6 Å². The zero-order valence-electron chi connectivity index (χ0n) is 13.7. The Bertz CT molecular complexity index is 1190. The van der Waals surface area contributed by atoms with E-state index in [1.165, 1.54) is 16.9 Å². The normalized spacial score (nSPS) is 14.2. The summed E-state index contributed by atoms with van der Waals surface area (Å²) in [6.07, 6.45) is 4.45. The summed E-state index contributed by atoms with van der Waals surface area (Å²) >= 11 is 10.9. The number of thiophene rings is 1. The molecule has 0 saturated heterocycles. The summed E-state index contributed by atoms with van der Waals surface area (Å²) in [7, 11) is 0. The van der Waals surface area contributed by atoms with Crippen molar-refractivity contribution in [1.82, 2.24) is 15.0 Å². The number of nitrogens with one attached hydrogen (secondary N) is 1. The first-order valence-corrected chi connectivity index (χ1v) is 11.4. The van der Waals surface area contributed by atoms with Crippen LogP contribution in [0.25, 0.3) is 20.4 Å². The summed E-state index contributed by atoms with van der Waals surface area (Å²) in [5, 5.41) is 1.51. The van der Waals surface area contributed by atoms with Crippen LogP contribution in [0.4, 0.5) is 0 Å². The third kappa shape index (κ3) is 2.97. The van der Waals surface area contributed by atoms with Crippen LogP contribution in [0.5, 0.6) is 0 Å². The first-order chi connectivity index (χ1) is 12.7. The average Bonchev–Trinajstić information content (AvgIpc) is 3.20. The van der Waals surface area contributed by atoms with E-state index >= 15 is 0 Å². The molecule has 3 aromatic heterocycles. The van der Waals surface area contributed by atoms with Crippen molar-refractivity contribution in [2.45, 2.75) is 35.8 Å². The molecule has 0 spiro atoms. The zero-order valence-corrected chi connectivity index (χ0v) is 16.9. The van der Waals surface area contributed by atoms with Gasteiger partial charge in [-0.3, -0.25) is 4.79 Å². The van der Waals surface area contributed by atoms with Gasteiger partial charge >= 0.3 is 0 Å². The lowest BCUT2D eigenvalue weighted by atomic mass is 9.97. The van der Waals surface area contributed by atoms with E-state index in [4.69, 9.17) is 16.6 Å². The number of halogens is 1. The molecule has 0 unspecified atom stereocenters. The summed E-state index contributed by atoms with van der Waals surface area (Å²) in [6.45, 7) is 0. The lowest BCUT2D eigenvalue weighted by molar-refractivity contribution is 0.700. The fraction of sp³-hybridized carbons (Fsp3) is 0.278. The molecule has 4 aromatic rings. The van der Waals surface area contributed by atoms with Crippen LogP contribution in [0, 0.1) is 0 Å². The van der Waals surface area contributed by atoms with Crippen molar-refractivity contribution in [2.75, 3.05) is 0 Å². The molecule has 0 fully saturated rings. The van der Waals surface area contributed by atoms with Crippen molar-refractivity contribution in [1.29, 1.82) is 0 Å². The van der Waals surface area contributed by atoms with Crippen LogP contribution in [-0.2, 0) is 18.6 Å². The van der Waals surface area contributed by atoms with E-state index in [1.807, 2.05) is 18.2 Å². The first-order valence-electron chi connectivity index (χ1n) is 8.40. The van der Waals surface area contributed by atoms with Crippen LogP contribution < -0.4 is 5.56 Å². The Labute approximate surface area is 166 Å². The SMILES string of the molecule is O=c1[nH]c(CSc2nc3cc(Cl)ccc3s2)nc2sc3c(c12)CCCC3. The highest BCUT2D eigenvalue weighted by atomic mass is 35.5. The summed E-state index contributed by atoms with van der Waals surface area (Å²) in [4.78, 5) is 27.1. The molecule has 0 amide bonds. The van der Waals surface area contributed by atoms with E-state index < -0.39 is 0 Å². The molecule has 0 bridgehead atoms. The number of hydrogen-bond donors (Lipinski definition) is 1. The molecule has 0 aliphatic heterocycles. The van der Waals surface area contributed by atoms with Gasteiger partial charge in [0.2, 0.25) is 0 Å². The zero-order chi connectivity index (χ0) is 17.7. The highest BCUT2D eigenvalue weighted by Crippen LogP contribution is 2.35. The van der Waals surface area contributed by atoms with E-state index in [1.54, 1.807) is 34.4 Å². The van der Waals surface area contributed by atoms with Crippen molar-refractivity contribution < 1.29 is 0 Å². The van der Waals surface area contributed by atoms with Crippen molar-refractivity contribution in [3.05, 3.63) is 49.8 Å². The van der Waals surface area contributed by atoms with E-state index in [9.17, 15) is 4.79 Å². The third-order valence-electron chi connectivity index (χ3n) is 4.54. The minimum absolute atomic E-state index is 0.00100. The molecule has 3 heterocycles. The van der Waals surface area contributed by atoms with Crippen LogP contribution >= 0.6 is 46.0 Å². The molecule has 1 aliphatic rings. The largest absolute Gasteiger partial charge is 0.309 e. The predicted octanol–water partition coefficient (Wildman–Crippen LogP) is 5.42. The van der Waals surface area contributed by atoms with Crippen LogP contribution in [-0.4, -0.2) is 15.0 Å². The average molecular weight is 420 g/mol. The molecule has 4 nitrogen and oxygen atoms in total. The van der Waals surface area contributed by atoms with Crippen LogP contribution in [0.15, 0.2) is 27.3 Å². The van der Waals surface area contributed by atoms with Gasteiger partial charge in [0.1, 0.15) is 10.7 Å². The number of hydrogen-bond acceptors (Lipinski definition) is 6. The summed E-state index contributed by atoms with van der Waals surface area (Å²) in [6, 6.07) is 5.74. The molecule has 132 valence electrons. The quantitative estimate of drug-likeness (QED) is 0.450. The number of rotatable bonds is 3. The highest BCUT2D eigenvalue weighted by Gasteiger charge is 2.19. The molecule has 0 radical (unpaired) electrons. The minimum Gasteiger partial charge on any atom is -0.309 e. The van der Waals surface area contributed by atoms with Gasteiger partial charge in [-0.1, -0.05) is 23.4 Å². The Hall–Kier alpha value is -1.41. The Morgan fingerprint density at radius 1 is 1.19 bits per heavy atom. The Morgan fingerprint density at radius 2 is 2.08 bits per heavy atom. The van der Waals surface area contributed by atoms with E-state index in [2.05, 4.69) is 9.97 Å². The summed E-state index contributed by atoms with van der Waals surface area (Å²) in [5.41, 5.74) is 2.14. The molecule has 1 aliphatic carbocycles. The van der Waals surface area contributed by atoms with Gasteiger partial charge in [-0.15, -0.1) is 22.7 Å². The van der Waals surface area contributed by atoms with Crippen LogP contribution in [0.1, 0.15) is 29.1 Å². The Balaban J connectivity index is 1.44. The highest BCUT2D eigenvalue weighted by molar-refractivity contribution is 8.00. The summed E-state index contributed by atoms with van der Waals surface area (Å²) < 4.78 is 2.07. The molecule has 1 aromatic carbocycles. The number of aryl methyl sites for hydroxylation is 2. The van der Waals surface area contributed by atoms with Gasteiger partial charge in [-0.25, -0.2) is 9.97 Å². The second-order valence-corrected chi connectivity index (χ2v) is 10.1. The van der Waals surface area contributed by atoms with Crippen LogP contribution in [0.2, 0.25) is 5.02 Å². The fourth-order valence-electron chi connectivity index (χ4n) is 3.35. The molecule has 0 atom stereocenters. The molecule has 0 saturated carbocycles. The fourth-order valence-corrected chi connectivity index (χ4v) is 6.71. The predicted molar refractivity (Wildman–Crippen MR) is 111 cm³/mol. The number of aromatic nitrogens is 3. The molecule has 26 heavy (non-hydrogen) atoms. The Kier molecular flexibility index (Phi) is 4.27. The van der Waals surface area contributed by atoms with Gasteiger partial charge in [0, 0.05) is 9.90 Å². The maximum atomic E-state index is 12.6. The number of benzene rings is 1. The maximum absolute atomic E-state index is 12.6. The smallest absolute Gasteiger partial charge is 0.259 e. The van der Waals surface area contributed by atoms with Gasteiger partial charge < -0.3 is 4.98 Å². The van der Waals surface area contributed by atoms with Crippen molar-refractivity contribution in [3.63, 3.8) is 0 Å². The second kappa shape index (κ2) is 6.64. The maximum Gasteiger partial charge on any atom is 0.259 e. The Morgan fingerprint density at radius 3 is 3.00 bits per heavy atom. The first kappa shape index (κ1) is 16.7. The number of thiazole rings is 1. The summed E-state index contributed by atoms with van der Waals surface area (Å²) in [5.74, 6) is 1.31. The molecular formula is C18H14ClN3OS3. The number of thioether (sulfide) groups is 1. The lowest BCUT2D eigenvalue weighted by Gasteiger charge is -2.09. The number of nitrogens with zero attached hydrogens (tertiary/aromatic N) is 2. The lowest BCUT2D eigenvalue weighted by Crippen LogP contribution is -2.12. The molecular weight excluding hydrogens is 406 g/mol. The van der Waals surface area contributed by atoms with Gasteiger partial charge in [0.05, 0.1) is 21.4 Å². The minimum atomic E-state index is 0.00100. The van der Waals surface area contributed by atoms with Crippen molar-refractivity contribution >= 4 is 66.5 Å². The molecule has 1 N–H and O–H groups in total. The van der Waals surface area contributed by atoms with Gasteiger partial charge in [0.15, 0.2) is 4.34 Å². The topological polar surface area (TPSA) is 58.6 Å². The number of fused-ring (bicyclic) bond motifs is 4. The molecule has 5 rings (SSSR count). The monoisotopic (exact) mass is 419 g/mol. The second-order valence-electron chi connectivity index (χ2n) is 6.28. The van der Waals surface area contributed by atoms with Gasteiger partial charge in [0.25, 0.3) is 5.56 Å². The standard InChI is InChI=1S/C18H14ClN3OS3/c19-9-5-6-13-11(7-9)20-18(26-13)24-8-14-21-16(23)15-10-3-1-2-4-12(10)25-17(15)22-14/h5-7H,1-4,8H2,(H,21,22,23). The van der Waals surface area contributed by atoms with Crippen molar-refractivity contribution in [2.24, 2.45) is 0 Å². The third-order valence-corrected chi connectivity index (χ3v) is 8.15. The van der Waals surface area contributed by atoms with Crippen molar-refractivity contribution in [3.8, 4) is 0 Å². The van der Waals surface area contributed by atoms with Crippen LogP contribution in [0.3, 0.4) is 0 Å². The number of aromatic amines is 1. The van der Waals surface area contributed by atoms with Gasteiger partial charge in [-0.2, -0.15) is 0 Å². The van der Waals surface area contributed by atoms with E-state index in [0.717, 1.165) is 44.0 Å². The molecule has 8 heteroatoms.